The number of amides is 1. The summed E-state index contributed by atoms with van der Waals surface area (Å²) in [5.74, 6) is 5.32. The van der Waals surface area contributed by atoms with Gasteiger partial charge < -0.3 is 10.4 Å². The van der Waals surface area contributed by atoms with Gasteiger partial charge in [-0.15, -0.1) is 5.92 Å². The maximum absolute atomic E-state index is 10.8. The molecule has 0 aromatic rings. The summed E-state index contributed by atoms with van der Waals surface area (Å²) in [7, 11) is 0. The van der Waals surface area contributed by atoms with Crippen LogP contribution in [0.25, 0.3) is 0 Å². The number of aliphatic hydroxyl groups excluding tert-OH is 1. The van der Waals surface area contributed by atoms with E-state index in [0.29, 0.717) is 19.4 Å². The van der Waals surface area contributed by atoms with Crippen molar-refractivity contribution in [3.8, 4) is 11.8 Å². The second kappa shape index (κ2) is 7.10. The average molecular weight is 155 g/mol. The van der Waals surface area contributed by atoms with Crippen LogP contribution in [0.2, 0.25) is 0 Å². The number of hydrogen-bond donors (Lipinski definition) is 2. The van der Waals surface area contributed by atoms with Crippen molar-refractivity contribution in [1.29, 1.82) is 0 Å². The molecule has 0 aliphatic rings. The van der Waals surface area contributed by atoms with E-state index in [0.717, 1.165) is 0 Å². The molecule has 1 amide bonds. The summed E-state index contributed by atoms with van der Waals surface area (Å²) < 4.78 is 0. The van der Waals surface area contributed by atoms with Crippen molar-refractivity contribution in [2.75, 3.05) is 13.2 Å². The van der Waals surface area contributed by atoms with Gasteiger partial charge in [-0.2, -0.15) is 0 Å². The molecule has 0 aromatic heterocycles. The molecule has 62 valence electrons. The van der Waals surface area contributed by atoms with Crippen LogP contribution in [-0.2, 0) is 4.79 Å². The molecule has 2 N–H and O–H groups in total. The van der Waals surface area contributed by atoms with Crippen molar-refractivity contribution in [2.24, 2.45) is 0 Å². The van der Waals surface area contributed by atoms with Crippen LogP contribution >= 0.6 is 0 Å². The van der Waals surface area contributed by atoms with E-state index in [1.807, 2.05) is 0 Å². The Morgan fingerprint density at radius 3 is 2.91 bits per heavy atom. The standard InChI is InChI=1S/C8H13NO2/c1-2-3-6-9-8(11)5-4-7-10/h10H,4-7H2,1H3,(H,9,11). The fraction of sp³-hybridized carbons (Fsp3) is 0.625. The number of carbonyl (C=O) groups is 1. The van der Waals surface area contributed by atoms with Gasteiger partial charge in [-0.25, -0.2) is 0 Å². The summed E-state index contributed by atoms with van der Waals surface area (Å²) in [6, 6.07) is 0. The zero-order valence-corrected chi connectivity index (χ0v) is 6.68. The zero-order chi connectivity index (χ0) is 8.53. The smallest absolute Gasteiger partial charge is 0.220 e. The van der Waals surface area contributed by atoms with E-state index < -0.39 is 0 Å². The Kier molecular flexibility index (Phi) is 6.45. The highest BCUT2D eigenvalue weighted by molar-refractivity contribution is 5.76. The topological polar surface area (TPSA) is 49.3 Å². The first-order valence-electron chi connectivity index (χ1n) is 3.58. The Hall–Kier alpha value is -1.01. The predicted octanol–water partition coefficient (Wildman–Crippen LogP) is -0.102. The molecule has 0 heterocycles. The second-order valence-electron chi connectivity index (χ2n) is 2.03. The maximum atomic E-state index is 10.8. The lowest BCUT2D eigenvalue weighted by Gasteiger charge is -1.97. The van der Waals surface area contributed by atoms with E-state index >= 15 is 0 Å². The van der Waals surface area contributed by atoms with Gasteiger partial charge in [-0.05, 0) is 13.3 Å². The molecule has 0 fully saturated rings. The minimum absolute atomic E-state index is 0.0539. The molecule has 0 bridgehead atoms. The van der Waals surface area contributed by atoms with E-state index in [1.54, 1.807) is 6.92 Å². The Balaban J connectivity index is 3.27. The van der Waals surface area contributed by atoms with Crippen molar-refractivity contribution in [3.63, 3.8) is 0 Å². The molecule has 0 aliphatic carbocycles. The highest BCUT2D eigenvalue weighted by atomic mass is 16.3. The maximum Gasteiger partial charge on any atom is 0.220 e. The molecule has 0 unspecified atom stereocenters. The minimum Gasteiger partial charge on any atom is -0.396 e. The second-order valence-corrected chi connectivity index (χ2v) is 2.03. The van der Waals surface area contributed by atoms with Gasteiger partial charge >= 0.3 is 0 Å². The van der Waals surface area contributed by atoms with Crippen LogP contribution in [0, 0.1) is 11.8 Å². The molecule has 0 radical (unpaired) electrons. The van der Waals surface area contributed by atoms with Crippen molar-refractivity contribution < 1.29 is 9.90 Å². The number of hydrogen-bond acceptors (Lipinski definition) is 2. The van der Waals surface area contributed by atoms with E-state index in [-0.39, 0.29) is 12.5 Å². The van der Waals surface area contributed by atoms with Crippen LogP contribution in [0.5, 0.6) is 0 Å². The van der Waals surface area contributed by atoms with Crippen molar-refractivity contribution in [3.05, 3.63) is 0 Å². The van der Waals surface area contributed by atoms with Crippen LogP contribution in [0.3, 0.4) is 0 Å². The molecule has 0 saturated carbocycles. The van der Waals surface area contributed by atoms with Crippen LogP contribution in [0.15, 0.2) is 0 Å². The Bertz CT molecular complexity index is 167. The molecule has 0 saturated heterocycles. The minimum atomic E-state index is -0.0539. The van der Waals surface area contributed by atoms with Gasteiger partial charge in [0, 0.05) is 13.0 Å². The summed E-state index contributed by atoms with van der Waals surface area (Å²) in [6.45, 7) is 2.19. The third kappa shape index (κ3) is 6.88. The largest absolute Gasteiger partial charge is 0.396 e. The van der Waals surface area contributed by atoms with Crippen molar-refractivity contribution >= 4 is 5.91 Å². The molecule has 0 spiro atoms. The SMILES string of the molecule is CC#CCNC(=O)CCCO. The van der Waals surface area contributed by atoms with Crippen LogP contribution in [-0.4, -0.2) is 24.2 Å². The van der Waals surface area contributed by atoms with Gasteiger partial charge in [0.2, 0.25) is 5.91 Å². The molecule has 11 heavy (non-hydrogen) atoms. The van der Waals surface area contributed by atoms with Gasteiger partial charge in [0.15, 0.2) is 0 Å². The van der Waals surface area contributed by atoms with Gasteiger partial charge in [-0.1, -0.05) is 5.92 Å². The normalized spacial score (nSPS) is 8.18. The highest BCUT2D eigenvalue weighted by Gasteiger charge is 1.96. The molecule has 0 atom stereocenters. The van der Waals surface area contributed by atoms with Crippen LogP contribution < -0.4 is 5.32 Å². The highest BCUT2D eigenvalue weighted by Crippen LogP contribution is 1.85. The molecule has 0 aliphatic heterocycles. The van der Waals surface area contributed by atoms with E-state index in [1.165, 1.54) is 0 Å². The molecule has 0 aromatic carbocycles. The molecular formula is C8H13NO2. The fourth-order valence-electron chi connectivity index (χ4n) is 0.559. The Morgan fingerprint density at radius 2 is 2.36 bits per heavy atom. The average Bonchev–Trinajstić information content (AvgIpc) is 2.01. The first-order chi connectivity index (χ1) is 5.31. The van der Waals surface area contributed by atoms with Crippen LogP contribution in [0.4, 0.5) is 0 Å². The number of rotatable bonds is 4. The Labute approximate surface area is 66.8 Å². The lowest BCUT2D eigenvalue weighted by Crippen LogP contribution is -2.23. The van der Waals surface area contributed by atoms with Crippen molar-refractivity contribution in [2.45, 2.75) is 19.8 Å². The molecular weight excluding hydrogens is 142 g/mol. The fourth-order valence-corrected chi connectivity index (χ4v) is 0.559. The molecule has 0 rings (SSSR count). The van der Waals surface area contributed by atoms with Gasteiger partial charge in [0.05, 0.1) is 6.54 Å². The lowest BCUT2D eigenvalue weighted by atomic mass is 10.3. The predicted molar refractivity (Wildman–Crippen MR) is 42.8 cm³/mol. The summed E-state index contributed by atoms with van der Waals surface area (Å²) in [5, 5.41) is 11.0. The monoisotopic (exact) mass is 155 g/mol. The first kappa shape index (κ1) is 9.99. The van der Waals surface area contributed by atoms with Crippen molar-refractivity contribution in [1.82, 2.24) is 5.32 Å². The lowest BCUT2D eigenvalue weighted by molar-refractivity contribution is -0.121. The zero-order valence-electron chi connectivity index (χ0n) is 6.68. The van der Waals surface area contributed by atoms with E-state index in [9.17, 15) is 4.79 Å². The van der Waals surface area contributed by atoms with Gasteiger partial charge in [0.1, 0.15) is 0 Å². The summed E-state index contributed by atoms with van der Waals surface area (Å²) in [6.07, 6.45) is 0.896. The summed E-state index contributed by atoms with van der Waals surface area (Å²) >= 11 is 0. The van der Waals surface area contributed by atoms with Gasteiger partial charge in [-0.3, -0.25) is 4.79 Å². The van der Waals surface area contributed by atoms with Crippen LogP contribution in [0.1, 0.15) is 19.8 Å². The van der Waals surface area contributed by atoms with E-state index in [2.05, 4.69) is 17.2 Å². The van der Waals surface area contributed by atoms with E-state index in [4.69, 9.17) is 5.11 Å². The molecule has 3 heteroatoms. The molecule has 3 nitrogen and oxygen atoms in total. The third-order valence-electron chi connectivity index (χ3n) is 1.11. The number of carbonyl (C=O) groups excluding carboxylic acids is 1. The Morgan fingerprint density at radius 1 is 1.64 bits per heavy atom. The van der Waals surface area contributed by atoms with Gasteiger partial charge in [0.25, 0.3) is 0 Å². The summed E-state index contributed by atoms with van der Waals surface area (Å²) in [5.41, 5.74) is 0. The number of nitrogens with one attached hydrogen (secondary N) is 1. The summed E-state index contributed by atoms with van der Waals surface area (Å²) in [4.78, 5) is 10.8. The first-order valence-corrected chi connectivity index (χ1v) is 3.58. The number of aliphatic hydroxyl groups is 1. The third-order valence-corrected chi connectivity index (χ3v) is 1.11. The quantitative estimate of drug-likeness (QED) is 0.557.